The number of halogens is 4. The first-order valence-electron chi connectivity index (χ1n) is 4.97. The molecule has 1 rings (SSSR count). The summed E-state index contributed by atoms with van der Waals surface area (Å²) in [4.78, 5) is 8.01. The third kappa shape index (κ3) is 3.97. The zero-order valence-corrected chi connectivity index (χ0v) is 9.91. The van der Waals surface area contributed by atoms with Gasteiger partial charge in [-0.15, -0.1) is 0 Å². The van der Waals surface area contributed by atoms with Crippen molar-refractivity contribution in [3.05, 3.63) is 17.0 Å². The summed E-state index contributed by atoms with van der Waals surface area (Å²) < 4.78 is 37.6. The third-order valence-corrected chi connectivity index (χ3v) is 2.21. The van der Waals surface area contributed by atoms with Crippen LogP contribution in [0.4, 0.5) is 19.0 Å². The molecule has 9 heteroatoms. The number of anilines is 1. The highest BCUT2D eigenvalue weighted by molar-refractivity contribution is 6.28. The average molecular weight is 286 g/mol. The average Bonchev–Trinajstić information content (AvgIpc) is 2.27. The predicted molar refractivity (Wildman–Crippen MR) is 58.4 cm³/mol. The van der Waals surface area contributed by atoms with Crippen LogP contribution < -0.4 is 4.90 Å². The Labute approximate surface area is 106 Å². The molecule has 0 unspecified atom stereocenters. The normalized spacial score (nSPS) is 11.7. The van der Waals surface area contributed by atoms with E-state index in [1.54, 1.807) is 0 Å². The summed E-state index contributed by atoms with van der Waals surface area (Å²) in [7, 11) is 0. The molecule has 0 atom stereocenters. The van der Waals surface area contributed by atoms with Gasteiger partial charge in [-0.1, -0.05) is 0 Å². The molecule has 0 aromatic carbocycles. The minimum Gasteiger partial charge on any atom is -0.395 e. The highest BCUT2D eigenvalue weighted by atomic mass is 35.5. The Morgan fingerprint density at radius 1 is 1.17 bits per heavy atom. The topological polar surface area (TPSA) is 69.5 Å². The molecule has 0 amide bonds. The molecule has 18 heavy (non-hydrogen) atoms. The van der Waals surface area contributed by atoms with Crippen LogP contribution in [0.5, 0.6) is 0 Å². The summed E-state index contributed by atoms with van der Waals surface area (Å²) in [6.45, 7) is -0.512. The molecule has 0 aliphatic carbocycles. The SMILES string of the molecule is OCCN(CCO)c1cc(C(F)(F)F)nc(Cl)n1. The maximum absolute atomic E-state index is 12.5. The molecular weight excluding hydrogens is 275 g/mol. The maximum atomic E-state index is 12.5. The molecular formula is C9H11ClF3N3O2. The largest absolute Gasteiger partial charge is 0.433 e. The van der Waals surface area contributed by atoms with Gasteiger partial charge in [0.15, 0.2) is 5.69 Å². The van der Waals surface area contributed by atoms with Gasteiger partial charge >= 0.3 is 6.18 Å². The second kappa shape index (κ2) is 6.17. The lowest BCUT2D eigenvalue weighted by molar-refractivity contribution is -0.141. The minimum atomic E-state index is -4.63. The summed E-state index contributed by atoms with van der Waals surface area (Å²) >= 11 is 5.43. The van der Waals surface area contributed by atoms with Gasteiger partial charge in [-0.2, -0.15) is 13.2 Å². The summed E-state index contributed by atoms with van der Waals surface area (Å²) in [5.41, 5.74) is -1.17. The van der Waals surface area contributed by atoms with Crippen molar-refractivity contribution in [1.29, 1.82) is 0 Å². The third-order valence-electron chi connectivity index (χ3n) is 2.04. The number of aliphatic hydroxyl groups excluding tert-OH is 2. The van der Waals surface area contributed by atoms with E-state index in [0.717, 1.165) is 6.07 Å². The zero-order valence-electron chi connectivity index (χ0n) is 9.15. The fourth-order valence-corrected chi connectivity index (χ4v) is 1.47. The van der Waals surface area contributed by atoms with E-state index in [-0.39, 0.29) is 32.1 Å². The van der Waals surface area contributed by atoms with Gasteiger partial charge in [0.25, 0.3) is 0 Å². The van der Waals surface area contributed by atoms with Crippen molar-refractivity contribution in [2.24, 2.45) is 0 Å². The molecule has 0 saturated carbocycles. The Morgan fingerprint density at radius 3 is 2.17 bits per heavy atom. The lowest BCUT2D eigenvalue weighted by Gasteiger charge is -2.22. The summed E-state index contributed by atoms with van der Waals surface area (Å²) in [6.07, 6.45) is -4.63. The van der Waals surface area contributed by atoms with Crippen LogP contribution in [-0.2, 0) is 6.18 Å². The van der Waals surface area contributed by atoms with E-state index in [4.69, 9.17) is 21.8 Å². The molecule has 1 aromatic rings. The number of rotatable bonds is 5. The van der Waals surface area contributed by atoms with Crippen molar-refractivity contribution in [3.63, 3.8) is 0 Å². The Morgan fingerprint density at radius 2 is 1.72 bits per heavy atom. The molecule has 0 aliphatic heterocycles. The molecule has 0 bridgehead atoms. The molecule has 0 saturated heterocycles. The Bertz CT molecular complexity index is 397. The minimum absolute atomic E-state index is 0.0329. The summed E-state index contributed by atoms with van der Waals surface area (Å²) in [6, 6.07) is 0.719. The van der Waals surface area contributed by atoms with Crippen LogP contribution in [0, 0.1) is 0 Å². The molecule has 2 N–H and O–H groups in total. The second-order valence-electron chi connectivity index (χ2n) is 3.31. The van der Waals surface area contributed by atoms with Crippen molar-refractivity contribution >= 4 is 17.4 Å². The fourth-order valence-electron chi connectivity index (χ4n) is 1.30. The first kappa shape index (κ1) is 14.9. The van der Waals surface area contributed by atoms with Crippen LogP contribution in [0.2, 0.25) is 5.28 Å². The van der Waals surface area contributed by atoms with Gasteiger partial charge < -0.3 is 15.1 Å². The van der Waals surface area contributed by atoms with E-state index in [1.165, 1.54) is 4.90 Å². The molecule has 102 valence electrons. The smallest absolute Gasteiger partial charge is 0.395 e. The van der Waals surface area contributed by atoms with Gasteiger partial charge in [0.1, 0.15) is 5.82 Å². The lowest BCUT2D eigenvalue weighted by Crippen LogP contribution is -2.31. The Hall–Kier alpha value is -1.12. The first-order valence-corrected chi connectivity index (χ1v) is 5.34. The van der Waals surface area contributed by atoms with Crippen LogP contribution >= 0.6 is 11.6 Å². The van der Waals surface area contributed by atoms with Crippen LogP contribution in [0.1, 0.15) is 5.69 Å². The van der Waals surface area contributed by atoms with Gasteiger partial charge in [0.2, 0.25) is 5.28 Å². The number of hydrogen-bond donors (Lipinski definition) is 2. The van der Waals surface area contributed by atoms with E-state index in [2.05, 4.69) is 9.97 Å². The molecule has 0 aliphatic rings. The van der Waals surface area contributed by atoms with Crippen molar-refractivity contribution in [1.82, 2.24) is 9.97 Å². The van der Waals surface area contributed by atoms with Crippen LogP contribution in [0.3, 0.4) is 0 Å². The predicted octanol–water partition coefficient (Wildman–Crippen LogP) is 0.940. The number of aromatic nitrogens is 2. The van der Waals surface area contributed by atoms with E-state index in [1.807, 2.05) is 0 Å². The zero-order chi connectivity index (χ0) is 13.8. The van der Waals surface area contributed by atoms with Gasteiger partial charge in [-0.25, -0.2) is 9.97 Å². The number of nitrogens with zero attached hydrogens (tertiary/aromatic N) is 3. The number of aliphatic hydroxyl groups is 2. The summed E-state index contributed by atoms with van der Waals surface area (Å²) in [5.74, 6) is -0.0922. The van der Waals surface area contributed by atoms with Gasteiger partial charge in [0, 0.05) is 19.2 Å². The van der Waals surface area contributed by atoms with Crippen molar-refractivity contribution < 1.29 is 23.4 Å². The highest BCUT2D eigenvalue weighted by Crippen LogP contribution is 2.30. The molecule has 1 heterocycles. The quantitative estimate of drug-likeness (QED) is 0.788. The van der Waals surface area contributed by atoms with Gasteiger partial charge in [-0.3, -0.25) is 0 Å². The van der Waals surface area contributed by atoms with E-state index in [9.17, 15) is 13.2 Å². The number of alkyl halides is 3. The van der Waals surface area contributed by atoms with Crippen molar-refractivity contribution in [3.8, 4) is 0 Å². The van der Waals surface area contributed by atoms with Gasteiger partial charge in [-0.05, 0) is 11.6 Å². The number of hydrogen-bond acceptors (Lipinski definition) is 5. The Balaban J connectivity index is 3.10. The molecule has 0 fully saturated rings. The van der Waals surface area contributed by atoms with Crippen LogP contribution in [0.25, 0.3) is 0 Å². The van der Waals surface area contributed by atoms with E-state index >= 15 is 0 Å². The van der Waals surface area contributed by atoms with Crippen molar-refractivity contribution in [2.45, 2.75) is 6.18 Å². The molecule has 0 spiro atoms. The van der Waals surface area contributed by atoms with E-state index < -0.39 is 17.2 Å². The lowest BCUT2D eigenvalue weighted by atomic mass is 10.3. The second-order valence-corrected chi connectivity index (χ2v) is 3.65. The Kier molecular flexibility index (Phi) is 5.12. The standard InChI is InChI=1S/C9H11ClF3N3O2/c10-8-14-6(9(11,12)13)5-7(15-8)16(1-3-17)2-4-18/h5,17-18H,1-4H2. The van der Waals surface area contributed by atoms with Crippen LogP contribution in [0.15, 0.2) is 6.07 Å². The first-order chi connectivity index (χ1) is 8.38. The van der Waals surface area contributed by atoms with Crippen molar-refractivity contribution in [2.75, 3.05) is 31.2 Å². The monoisotopic (exact) mass is 285 g/mol. The summed E-state index contributed by atoms with van der Waals surface area (Å²) in [5, 5.41) is 17.1. The fraction of sp³-hybridized carbons (Fsp3) is 0.556. The molecule has 1 aromatic heterocycles. The molecule has 0 radical (unpaired) electrons. The van der Waals surface area contributed by atoms with E-state index in [0.29, 0.717) is 0 Å². The van der Waals surface area contributed by atoms with Crippen LogP contribution in [-0.4, -0.2) is 46.5 Å². The highest BCUT2D eigenvalue weighted by Gasteiger charge is 2.34. The maximum Gasteiger partial charge on any atom is 0.433 e. The molecule has 5 nitrogen and oxygen atoms in total. The van der Waals surface area contributed by atoms with Gasteiger partial charge in [0.05, 0.1) is 13.2 Å².